The van der Waals surface area contributed by atoms with Crippen molar-refractivity contribution < 1.29 is 9.53 Å². The minimum absolute atomic E-state index is 0.231. The number of aryl methyl sites for hydroxylation is 1. The molecule has 0 aliphatic heterocycles. The SMILES string of the molecule is COc1nccn2c(CNC(=O)NCCCc3ccccc3)nnc12. The number of hydrogen-bond acceptors (Lipinski definition) is 5. The zero-order chi connectivity index (χ0) is 17.5. The Morgan fingerprint density at radius 1 is 1.20 bits per heavy atom. The molecule has 0 bridgehead atoms. The summed E-state index contributed by atoms with van der Waals surface area (Å²) >= 11 is 0. The summed E-state index contributed by atoms with van der Waals surface area (Å²) in [7, 11) is 1.53. The number of aromatic nitrogens is 4. The number of hydrogen-bond donors (Lipinski definition) is 2. The van der Waals surface area contributed by atoms with Crippen LogP contribution >= 0.6 is 0 Å². The summed E-state index contributed by atoms with van der Waals surface area (Å²) in [6, 6.07) is 9.96. The van der Waals surface area contributed by atoms with Crippen molar-refractivity contribution in [1.82, 2.24) is 30.2 Å². The number of urea groups is 1. The van der Waals surface area contributed by atoms with Gasteiger partial charge in [-0.3, -0.25) is 4.40 Å². The van der Waals surface area contributed by atoms with Crippen LogP contribution in [0.25, 0.3) is 5.65 Å². The van der Waals surface area contributed by atoms with Crippen LogP contribution in [-0.2, 0) is 13.0 Å². The Morgan fingerprint density at radius 2 is 2.04 bits per heavy atom. The molecule has 3 rings (SSSR count). The molecule has 130 valence electrons. The maximum absolute atomic E-state index is 11.9. The summed E-state index contributed by atoms with van der Waals surface area (Å²) in [5.74, 6) is 1.00. The summed E-state index contributed by atoms with van der Waals surface area (Å²) in [5, 5.41) is 13.7. The lowest BCUT2D eigenvalue weighted by molar-refractivity contribution is 0.240. The van der Waals surface area contributed by atoms with E-state index in [4.69, 9.17) is 4.74 Å². The second kappa shape index (κ2) is 8.09. The van der Waals surface area contributed by atoms with Gasteiger partial charge in [0.25, 0.3) is 5.88 Å². The monoisotopic (exact) mass is 340 g/mol. The van der Waals surface area contributed by atoms with E-state index in [-0.39, 0.29) is 12.6 Å². The molecule has 0 fully saturated rings. The molecule has 0 saturated carbocycles. The van der Waals surface area contributed by atoms with Crippen molar-refractivity contribution in [1.29, 1.82) is 0 Å². The summed E-state index contributed by atoms with van der Waals surface area (Å²) < 4.78 is 6.87. The summed E-state index contributed by atoms with van der Waals surface area (Å²) in [5.41, 5.74) is 1.78. The van der Waals surface area contributed by atoms with E-state index in [2.05, 4.69) is 37.9 Å². The van der Waals surface area contributed by atoms with Crippen LogP contribution in [0, 0.1) is 0 Å². The van der Waals surface area contributed by atoms with Gasteiger partial charge in [0.1, 0.15) is 0 Å². The molecule has 0 atom stereocenters. The van der Waals surface area contributed by atoms with Crippen LogP contribution in [0.5, 0.6) is 5.88 Å². The van der Waals surface area contributed by atoms with Crippen LogP contribution < -0.4 is 15.4 Å². The van der Waals surface area contributed by atoms with Crippen LogP contribution in [0.4, 0.5) is 4.79 Å². The van der Waals surface area contributed by atoms with Crippen LogP contribution in [0.3, 0.4) is 0 Å². The number of nitrogens with one attached hydrogen (secondary N) is 2. The second-order valence-corrected chi connectivity index (χ2v) is 5.44. The number of methoxy groups -OCH3 is 1. The Labute approximate surface area is 145 Å². The topological polar surface area (TPSA) is 93.4 Å². The number of rotatable bonds is 7. The van der Waals surface area contributed by atoms with Gasteiger partial charge in [0.05, 0.1) is 13.7 Å². The zero-order valence-corrected chi connectivity index (χ0v) is 14.0. The minimum Gasteiger partial charge on any atom is -0.478 e. The molecule has 2 heterocycles. The van der Waals surface area contributed by atoms with Gasteiger partial charge in [0, 0.05) is 18.9 Å². The van der Waals surface area contributed by atoms with E-state index < -0.39 is 0 Å². The molecule has 0 radical (unpaired) electrons. The Balaban J connectivity index is 1.45. The number of carbonyl (C=O) groups excluding carboxylic acids is 1. The number of ether oxygens (including phenoxy) is 1. The van der Waals surface area contributed by atoms with E-state index in [1.807, 2.05) is 18.2 Å². The molecular weight excluding hydrogens is 320 g/mol. The molecule has 8 heteroatoms. The van der Waals surface area contributed by atoms with E-state index in [1.165, 1.54) is 12.7 Å². The fraction of sp³-hybridized carbons (Fsp3) is 0.294. The molecule has 25 heavy (non-hydrogen) atoms. The van der Waals surface area contributed by atoms with Crippen molar-refractivity contribution in [3.8, 4) is 5.88 Å². The number of nitrogens with zero attached hydrogens (tertiary/aromatic N) is 4. The highest BCUT2D eigenvalue weighted by Crippen LogP contribution is 2.13. The maximum Gasteiger partial charge on any atom is 0.315 e. The molecule has 3 aromatic rings. The summed E-state index contributed by atoms with van der Waals surface area (Å²) in [4.78, 5) is 16.0. The third-order valence-electron chi connectivity index (χ3n) is 3.74. The van der Waals surface area contributed by atoms with Gasteiger partial charge in [-0.15, -0.1) is 10.2 Å². The lowest BCUT2D eigenvalue weighted by atomic mass is 10.1. The molecule has 0 saturated heterocycles. The highest BCUT2D eigenvalue weighted by Gasteiger charge is 2.11. The largest absolute Gasteiger partial charge is 0.478 e. The van der Waals surface area contributed by atoms with E-state index in [0.717, 1.165) is 12.8 Å². The Bertz CT molecular complexity index is 834. The van der Waals surface area contributed by atoms with Gasteiger partial charge >= 0.3 is 6.03 Å². The number of benzene rings is 1. The molecule has 2 N–H and O–H groups in total. The molecule has 0 aliphatic carbocycles. The normalized spacial score (nSPS) is 10.6. The van der Waals surface area contributed by atoms with E-state index in [9.17, 15) is 4.79 Å². The predicted molar refractivity (Wildman–Crippen MR) is 92.3 cm³/mol. The van der Waals surface area contributed by atoms with Crippen LogP contribution in [0.2, 0.25) is 0 Å². The quantitative estimate of drug-likeness (QED) is 0.637. The Hall–Kier alpha value is -3.16. The maximum atomic E-state index is 11.9. The van der Waals surface area contributed by atoms with Crippen molar-refractivity contribution in [3.63, 3.8) is 0 Å². The molecule has 2 amide bonds. The van der Waals surface area contributed by atoms with Crippen molar-refractivity contribution in [3.05, 3.63) is 54.1 Å². The first-order valence-electron chi connectivity index (χ1n) is 8.06. The van der Waals surface area contributed by atoms with Gasteiger partial charge in [0.15, 0.2) is 5.82 Å². The number of carbonyl (C=O) groups is 1. The number of fused-ring (bicyclic) bond motifs is 1. The molecule has 1 aromatic carbocycles. The molecule has 2 aromatic heterocycles. The van der Waals surface area contributed by atoms with Crippen LogP contribution in [0.15, 0.2) is 42.7 Å². The molecular formula is C17H20N6O2. The predicted octanol–water partition coefficient (Wildman–Crippen LogP) is 1.56. The van der Waals surface area contributed by atoms with Gasteiger partial charge in [-0.25, -0.2) is 9.78 Å². The first-order chi connectivity index (χ1) is 12.3. The molecule has 0 unspecified atom stereocenters. The molecule has 0 spiro atoms. The van der Waals surface area contributed by atoms with Crippen molar-refractivity contribution in [2.45, 2.75) is 19.4 Å². The third-order valence-corrected chi connectivity index (χ3v) is 3.74. The highest BCUT2D eigenvalue weighted by atomic mass is 16.5. The standard InChI is InChI=1S/C17H20N6O2/c1-25-16-15-22-21-14(23(15)11-10-18-16)12-20-17(24)19-9-5-8-13-6-3-2-4-7-13/h2-4,6-7,10-11H,5,8-9,12H2,1H3,(H2,19,20,24). The summed E-state index contributed by atoms with van der Waals surface area (Å²) in [6.07, 6.45) is 5.14. The van der Waals surface area contributed by atoms with Gasteiger partial charge in [-0.2, -0.15) is 0 Å². The molecule has 8 nitrogen and oxygen atoms in total. The number of amides is 2. The van der Waals surface area contributed by atoms with Gasteiger partial charge < -0.3 is 15.4 Å². The average Bonchev–Trinajstić information content (AvgIpc) is 3.07. The fourth-order valence-electron chi connectivity index (χ4n) is 2.48. The van der Waals surface area contributed by atoms with Crippen molar-refractivity contribution in [2.75, 3.05) is 13.7 Å². The minimum atomic E-state index is -0.231. The van der Waals surface area contributed by atoms with Crippen molar-refractivity contribution >= 4 is 11.7 Å². The van der Waals surface area contributed by atoms with Crippen LogP contribution in [-0.4, -0.2) is 39.3 Å². The first-order valence-corrected chi connectivity index (χ1v) is 8.06. The van der Waals surface area contributed by atoms with E-state index in [0.29, 0.717) is 23.9 Å². The second-order valence-electron chi connectivity index (χ2n) is 5.44. The lowest BCUT2D eigenvalue weighted by Crippen LogP contribution is -2.36. The average molecular weight is 340 g/mol. The molecule has 0 aliphatic rings. The van der Waals surface area contributed by atoms with E-state index in [1.54, 1.807) is 16.8 Å². The van der Waals surface area contributed by atoms with Crippen molar-refractivity contribution in [2.24, 2.45) is 0 Å². The van der Waals surface area contributed by atoms with E-state index >= 15 is 0 Å². The fourth-order valence-corrected chi connectivity index (χ4v) is 2.48. The van der Waals surface area contributed by atoms with Gasteiger partial charge in [-0.1, -0.05) is 30.3 Å². The van der Waals surface area contributed by atoms with Gasteiger partial charge in [-0.05, 0) is 18.4 Å². The smallest absolute Gasteiger partial charge is 0.315 e. The van der Waals surface area contributed by atoms with Crippen LogP contribution in [0.1, 0.15) is 17.8 Å². The first kappa shape index (κ1) is 16.7. The Morgan fingerprint density at radius 3 is 2.84 bits per heavy atom. The highest BCUT2D eigenvalue weighted by molar-refractivity contribution is 5.73. The zero-order valence-electron chi connectivity index (χ0n) is 14.0. The lowest BCUT2D eigenvalue weighted by Gasteiger charge is -2.07. The third kappa shape index (κ3) is 4.23. The Kier molecular flexibility index (Phi) is 5.40. The summed E-state index contributed by atoms with van der Waals surface area (Å²) in [6.45, 7) is 0.873. The van der Waals surface area contributed by atoms with Gasteiger partial charge in [0.2, 0.25) is 5.65 Å².